The smallest absolute Gasteiger partial charge is 0.0542 e. The van der Waals surface area contributed by atoms with Gasteiger partial charge in [-0.2, -0.15) is 0 Å². The molecule has 1 unspecified atom stereocenters. The maximum Gasteiger partial charge on any atom is 0.0542 e. The maximum absolute atomic E-state index is 4.20. The zero-order chi connectivity index (χ0) is 7.84. The Morgan fingerprint density at radius 3 is 3.18 bits per heavy atom. The fourth-order valence-corrected chi connectivity index (χ4v) is 1.46. The van der Waals surface area contributed by atoms with Crippen molar-refractivity contribution in [3.05, 3.63) is 30.2 Å². The third kappa shape index (κ3) is 1.04. The van der Waals surface area contributed by atoms with Crippen LogP contribution in [0.15, 0.2) is 24.5 Å². The van der Waals surface area contributed by atoms with Crippen LogP contribution in [0.3, 0.4) is 0 Å². The van der Waals surface area contributed by atoms with Crippen molar-refractivity contribution in [1.82, 2.24) is 9.32 Å². The number of rotatable bonds is 0. The lowest BCUT2D eigenvalue weighted by Gasteiger charge is -1.95. The van der Waals surface area contributed by atoms with Crippen LogP contribution in [0.5, 0.6) is 0 Å². The van der Waals surface area contributed by atoms with Gasteiger partial charge in [-0.25, -0.2) is 0 Å². The van der Waals surface area contributed by atoms with Crippen LogP contribution >= 0.6 is 9.39 Å². The van der Waals surface area contributed by atoms with E-state index in [0.717, 1.165) is 5.69 Å². The Balaban J connectivity index is 2.87. The van der Waals surface area contributed by atoms with Crippen LogP contribution in [-0.2, 0) is 0 Å². The van der Waals surface area contributed by atoms with Crippen LogP contribution in [0, 0.1) is 6.92 Å². The molecule has 1 atom stereocenters. The molecule has 0 fully saturated rings. The van der Waals surface area contributed by atoms with Gasteiger partial charge in [-0.05, 0) is 28.4 Å². The van der Waals surface area contributed by atoms with Gasteiger partial charge in [0.25, 0.3) is 0 Å². The SMILES string of the molecule is Cc1cc2c(ccn2P)cn1. The molecular weight excluding hydrogens is 155 g/mol. The van der Waals surface area contributed by atoms with Crippen LogP contribution in [0.1, 0.15) is 5.69 Å². The summed E-state index contributed by atoms with van der Waals surface area (Å²) in [4.78, 5) is 4.20. The summed E-state index contributed by atoms with van der Waals surface area (Å²) in [5.41, 5.74) is 2.27. The summed E-state index contributed by atoms with van der Waals surface area (Å²) in [7, 11) is 2.64. The molecule has 0 aliphatic heterocycles. The molecule has 0 aromatic carbocycles. The van der Waals surface area contributed by atoms with Crippen molar-refractivity contribution < 1.29 is 0 Å². The minimum absolute atomic E-state index is 1.06. The second-order valence-electron chi connectivity index (χ2n) is 2.61. The number of fused-ring (bicyclic) bond motifs is 1. The van der Waals surface area contributed by atoms with Gasteiger partial charge in [0, 0.05) is 23.5 Å². The molecule has 11 heavy (non-hydrogen) atoms. The van der Waals surface area contributed by atoms with Gasteiger partial charge in [0.1, 0.15) is 0 Å². The molecule has 0 radical (unpaired) electrons. The Hall–Kier alpha value is -0.880. The topological polar surface area (TPSA) is 17.8 Å². The van der Waals surface area contributed by atoms with E-state index in [1.807, 2.05) is 23.7 Å². The number of aromatic nitrogens is 2. The van der Waals surface area contributed by atoms with E-state index in [0.29, 0.717) is 0 Å². The summed E-state index contributed by atoms with van der Waals surface area (Å²) in [6, 6.07) is 4.12. The van der Waals surface area contributed by atoms with Crippen LogP contribution < -0.4 is 0 Å². The largest absolute Gasteiger partial charge is 0.332 e. The fraction of sp³-hybridized carbons (Fsp3) is 0.125. The lowest BCUT2D eigenvalue weighted by Crippen LogP contribution is -1.80. The molecule has 0 saturated carbocycles. The van der Waals surface area contributed by atoms with Gasteiger partial charge in [-0.1, -0.05) is 0 Å². The Kier molecular flexibility index (Phi) is 1.43. The molecule has 56 valence electrons. The van der Waals surface area contributed by atoms with Crippen LogP contribution in [0.4, 0.5) is 0 Å². The number of hydrogen-bond donors (Lipinski definition) is 0. The minimum atomic E-state index is 1.06. The molecule has 2 aromatic rings. The van der Waals surface area contributed by atoms with E-state index in [-0.39, 0.29) is 0 Å². The van der Waals surface area contributed by atoms with Crippen molar-refractivity contribution in [2.45, 2.75) is 6.92 Å². The standard InChI is InChI=1S/C8H9N2P/c1-6-4-8-7(5-9-6)2-3-10(8)11/h2-5H,11H2,1H3. The predicted molar refractivity (Wildman–Crippen MR) is 49.6 cm³/mol. The van der Waals surface area contributed by atoms with Crippen molar-refractivity contribution in [2.24, 2.45) is 0 Å². The highest BCUT2D eigenvalue weighted by atomic mass is 31.0. The van der Waals surface area contributed by atoms with Gasteiger partial charge in [-0.15, -0.1) is 0 Å². The molecule has 0 N–H and O–H groups in total. The van der Waals surface area contributed by atoms with E-state index in [9.17, 15) is 0 Å². The van der Waals surface area contributed by atoms with Crippen molar-refractivity contribution in [1.29, 1.82) is 0 Å². The van der Waals surface area contributed by atoms with Gasteiger partial charge in [-0.3, -0.25) is 4.98 Å². The van der Waals surface area contributed by atoms with Gasteiger partial charge in [0.2, 0.25) is 0 Å². The summed E-state index contributed by atoms with van der Waals surface area (Å²) < 4.78 is 2.02. The first kappa shape index (κ1) is 6.81. The van der Waals surface area contributed by atoms with E-state index in [1.54, 1.807) is 0 Å². The van der Waals surface area contributed by atoms with Gasteiger partial charge >= 0.3 is 0 Å². The van der Waals surface area contributed by atoms with Crippen LogP contribution in [-0.4, -0.2) is 9.32 Å². The van der Waals surface area contributed by atoms with Crippen molar-refractivity contribution in [3.8, 4) is 0 Å². The zero-order valence-electron chi connectivity index (χ0n) is 6.28. The average Bonchev–Trinajstić information content (AvgIpc) is 2.33. The van der Waals surface area contributed by atoms with Gasteiger partial charge < -0.3 is 4.34 Å². The van der Waals surface area contributed by atoms with Crippen molar-refractivity contribution in [3.63, 3.8) is 0 Å². The molecule has 2 aromatic heterocycles. The van der Waals surface area contributed by atoms with Crippen LogP contribution in [0.2, 0.25) is 0 Å². The summed E-state index contributed by atoms with van der Waals surface area (Å²) in [5.74, 6) is 0. The van der Waals surface area contributed by atoms with E-state index < -0.39 is 0 Å². The number of hydrogen-bond acceptors (Lipinski definition) is 1. The molecule has 0 amide bonds. The normalized spacial score (nSPS) is 10.7. The lowest BCUT2D eigenvalue weighted by molar-refractivity contribution is 1.21. The highest BCUT2D eigenvalue weighted by Gasteiger charge is 1.96. The van der Waals surface area contributed by atoms with Gasteiger partial charge in [0.05, 0.1) is 5.52 Å². The molecule has 2 nitrogen and oxygen atoms in total. The second kappa shape index (κ2) is 2.31. The number of nitrogens with zero attached hydrogens (tertiary/aromatic N) is 2. The Morgan fingerprint density at radius 1 is 1.55 bits per heavy atom. The summed E-state index contributed by atoms with van der Waals surface area (Å²) in [6.45, 7) is 2.00. The summed E-state index contributed by atoms with van der Waals surface area (Å²) >= 11 is 0. The van der Waals surface area contributed by atoms with Crippen molar-refractivity contribution >= 4 is 20.3 Å². The third-order valence-corrected chi connectivity index (χ3v) is 2.19. The van der Waals surface area contributed by atoms with E-state index in [2.05, 4.69) is 26.5 Å². The minimum Gasteiger partial charge on any atom is -0.332 e. The van der Waals surface area contributed by atoms with E-state index in [4.69, 9.17) is 0 Å². The quantitative estimate of drug-likeness (QED) is 0.544. The zero-order valence-corrected chi connectivity index (χ0v) is 7.44. The van der Waals surface area contributed by atoms with Crippen LogP contribution in [0.25, 0.3) is 10.9 Å². The monoisotopic (exact) mass is 164 g/mol. The first-order valence-electron chi connectivity index (χ1n) is 3.46. The van der Waals surface area contributed by atoms with E-state index >= 15 is 0 Å². The average molecular weight is 164 g/mol. The highest BCUT2D eigenvalue weighted by Crippen LogP contribution is 2.16. The molecule has 0 saturated heterocycles. The second-order valence-corrected chi connectivity index (χ2v) is 3.16. The maximum atomic E-state index is 4.20. The Bertz CT molecular complexity index is 392. The predicted octanol–water partition coefficient (Wildman–Crippen LogP) is 1.98. The highest BCUT2D eigenvalue weighted by molar-refractivity contribution is 7.14. The lowest BCUT2D eigenvalue weighted by atomic mass is 10.3. The molecule has 0 spiro atoms. The molecule has 0 aliphatic carbocycles. The first-order chi connectivity index (χ1) is 5.27. The summed E-state index contributed by atoms with van der Waals surface area (Å²) in [6.07, 6.45) is 3.90. The Morgan fingerprint density at radius 2 is 2.36 bits per heavy atom. The molecule has 0 aliphatic rings. The third-order valence-electron chi connectivity index (χ3n) is 1.74. The molecule has 2 heterocycles. The fourth-order valence-electron chi connectivity index (χ4n) is 1.15. The molecule has 2 rings (SSSR count). The summed E-state index contributed by atoms with van der Waals surface area (Å²) in [5, 5.41) is 1.19. The first-order valence-corrected chi connectivity index (χ1v) is 3.98. The molecule has 3 heteroatoms. The molecular formula is C8H9N2P. The number of aryl methyl sites for hydroxylation is 1. The Labute approximate surface area is 67.5 Å². The number of pyridine rings is 1. The molecule has 0 bridgehead atoms. The van der Waals surface area contributed by atoms with Gasteiger partial charge in [0.15, 0.2) is 0 Å². The van der Waals surface area contributed by atoms with E-state index in [1.165, 1.54) is 10.9 Å². The van der Waals surface area contributed by atoms with Crippen molar-refractivity contribution in [2.75, 3.05) is 0 Å².